The number of nitrogens with one attached hydrogen (secondary N) is 3. The molecule has 2 aliphatic heterocycles. The molecule has 2 fully saturated rings. The van der Waals surface area contributed by atoms with Crippen molar-refractivity contribution in [2.75, 3.05) is 6.54 Å². The predicted molar refractivity (Wildman–Crippen MR) is 197 cm³/mol. The third kappa shape index (κ3) is 7.50. The first kappa shape index (κ1) is 37.9. The Morgan fingerprint density at radius 2 is 1.93 bits per heavy atom. The van der Waals surface area contributed by atoms with E-state index in [-0.39, 0.29) is 36.5 Å². The summed E-state index contributed by atoms with van der Waals surface area (Å²) in [7, 11) is -2.44. The average molecular weight is 775 g/mol. The molecule has 7 rings (SSSR count). The van der Waals surface area contributed by atoms with Crippen LogP contribution in [0.2, 0.25) is 0 Å². The van der Waals surface area contributed by atoms with E-state index >= 15 is 0 Å². The van der Waals surface area contributed by atoms with Gasteiger partial charge in [-0.15, -0.1) is 5.73 Å². The van der Waals surface area contributed by atoms with Crippen LogP contribution < -0.4 is 20.1 Å². The number of carbonyl (C=O) groups is 4. The van der Waals surface area contributed by atoms with Gasteiger partial charge in [0.05, 0.1) is 16.8 Å². The molecule has 4 heterocycles. The molecule has 290 valence electrons. The minimum absolute atomic E-state index is 0.00959. The highest BCUT2D eigenvalue weighted by Gasteiger charge is 2.55. The number of nitrogens with zero attached hydrogens (tertiary/aromatic N) is 5. The number of hydrogen-bond donors (Lipinski definition) is 3. The van der Waals surface area contributed by atoms with Gasteiger partial charge in [-0.1, -0.05) is 31.1 Å². The van der Waals surface area contributed by atoms with Crippen molar-refractivity contribution >= 4 is 44.7 Å². The third-order valence-electron chi connectivity index (χ3n) is 10.8. The van der Waals surface area contributed by atoms with Crippen LogP contribution in [0.1, 0.15) is 74.5 Å². The van der Waals surface area contributed by atoms with Crippen LogP contribution in [-0.4, -0.2) is 91.7 Å². The molecule has 0 spiro atoms. The molecule has 1 saturated heterocycles. The Kier molecular flexibility index (Phi) is 10.1. The summed E-state index contributed by atoms with van der Waals surface area (Å²) >= 11 is 0. The van der Waals surface area contributed by atoms with E-state index < -0.39 is 73.9 Å². The fourth-order valence-electron chi connectivity index (χ4n) is 7.19. The smallest absolute Gasteiger partial charge is 0.272 e. The maximum atomic E-state index is 14.7. The summed E-state index contributed by atoms with van der Waals surface area (Å²) in [5.41, 5.74) is 1.80. The van der Waals surface area contributed by atoms with E-state index in [0.29, 0.717) is 43.3 Å². The van der Waals surface area contributed by atoms with E-state index in [1.165, 1.54) is 33.9 Å². The number of aromatic nitrogens is 4. The highest BCUT2D eigenvalue weighted by Crippen LogP contribution is 2.42. The largest absolute Gasteiger partial charge is 0.471 e. The van der Waals surface area contributed by atoms with Crippen molar-refractivity contribution < 1.29 is 36.7 Å². The number of hydrogen-bond acceptors (Lipinski definition) is 10. The Balaban J connectivity index is 1.23. The fourth-order valence-corrected chi connectivity index (χ4v) is 8.49. The molecule has 3 aromatic rings. The number of allylic oxidation sites excluding steroid dienone is 1. The number of carbonyl (C=O) groups excluding carboxylic acids is 4. The van der Waals surface area contributed by atoms with Gasteiger partial charge in [0, 0.05) is 25.6 Å². The first-order valence-corrected chi connectivity index (χ1v) is 19.9. The molecule has 2 aromatic heterocycles. The number of ether oxygens (including phenoxy) is 1. The van der Waals surface area contributed by atoms with Crippen LogP contribution in [0.5, 0.6) is 5.88 Å². The van der Waals surface area contributed by atoms with Gasteiger partial charge in [-0.3, -0.25) is 28.6 Å². The Hall–Kier alpha value is -5.41. The lowest BCUT2D eigenvalue weighted by Gasteiger charge is -2.35. The second-order valence-electron chi connectivity index (χ2n) is 14.9. The maximum absolute atomic E-state index is 14.7. The van der Waals surface area contributed by atoms with Gasteiger partial charge in [-0.2, -0.15) is 5.10 Å². The van der Waals surface area contributed by atoms with Crippen LogP contribution in [0.15, 0.2) is 60.5 Å². The number of rotatable bonds is 7. The van der Waals surface area contributed by atoms with Crippen LogP contribution in [-0.2, 0) is 31.5 Å². The molecular formula is C38H43FN8O7S. The van der Waals surface area contributed by atoms with Crippen LogP contribution in [0.3, 0.4) is 0 Å². The number of aryl methyl sites for hydroxylation is 2. The van der Waals surface area contributed by atoms with Gasteiger partial charge in [0.2, 0.25) is 27.7 Å². The van der Waals surface area contributed by atoms with Crippen LogP contribution in [0.25, 0.3) is 11.0 Å². The first-order valence-electron chi connectivity index (χ1n) is 18.4. The summed E-state index contributed by atoms with van der Waals surface area (Å²) in [6, 6.07) is 3.62. The summed E-state index contributed by atoms with van der Waals surface area (Å²) in [5, 5.41) is 9.80. The van der Waals surface area contributed by atoms with E-state index in [1.807, 2.05) is 6.08 Å². The minimum atomic E-state index is -4.10. The van der Waals surface area contributed by atoms with Gasteiger partial charge in [-0.25, -0.2) is 22.8 Å². The Morgan fingerprint density at radius 1 is 1.13 bits per heavy atom. The number of amides is 4. The lowest BCUT2D eigenvalue weighted by molar-refractivity contribution is -0.141. The molecule has 4 amide bonds. The molecule has 0 radical (unpaired) electrons. The molecule has 17 heteroatoms. The van der Waals surface area contributed by atoms with Gasteiger partial charge < -0.3 is 20.3 Å². The maximum Gasteiger partial charge on any atom is 0.272 e. The topological polar surface area (TPSA) is 195 Å². The molecule has 0 bridgehead atoms. The van der Waals surface area contributed by atoms with Crippen molar-refractivity contribution in [3.8, 4) is 5.88 Å². The molecule has 1 unspecified atom stereocenters. The van der Waals surface area contributed by atoms with Crippen molar-refractivity contribution in [3.05, 3.63) is 77.7 Å². The third-order valence-corrected chi connectivity index (χ3v) is 13.0. The summed E-state index contributed by atoms with van der Waals surface area (Å²) in [5.74, 6) is -4.22. The fraction of sp³-hybridized carbons (Fsp3) is 0.474. The van der Waals surface area contributed by atoms with Crippen molar-refractivity contribution in [1.29, 1.82) is 0 Å². The number of benzene rings is 1. The van der Waals surface area contributed by atoms with Gasteiger partial charge in [0.1, 0.15) is 35.1 Å². The summed E-state index contributed by atoms with van der Waals surface area (Å²) in [6.45, 7) is 3.07. The zero-order valence-corrected chi connectivity index (χ0v) is 31.6. The molecule has 15 nitrogen and oxygen atoms in total. The number of fused-ring (bicyclic) bond motifs is 3. The standard InChI is InChI=1S/C38H43FN8O7S/c1-23-34(42-31-26(39)13-9-15-27(31)40-23)54-25-21-30-33(49)43-38(36(51)45-55(52,53)37(2)18-19-37)17-10-12-24(38)11-7-5-4-6-8-14-29(35(50)47(30)22-25)41-32(48)28-16-20-46(3)44-28/h7,9,11-13,15-17,20,24-25,29-30H,4-6,8,14,18-19,21-22H2,1-3H3,(H,41,48)(H,43,49)(H,45,51)/b11-7-/t24?,25-,29+,30+,38-/m1/s1. The van der Waals surface area contributed by atoms with Crippen LogP contribution in [0.4, 0.5) is 4.39 Å². The molecule has 55 heavy (non-hydrogen) atoms. The molecular weight excluding hydrogens is 732 g/mol. The lowest BCUT2D eigenvalue weighted by atomic mass is 9.85. The molecule has 1 saturated carbocycles. The molecule has 3 N–H and O–H groups in total. The van der Waals surface area contributed by atoms with E-state index in [2.05, 4.69) is 36.2 Å². The van der Waals surface area contributed by atoms with Crippen molar-refractivity contribution in [3.63, 3.8) is 0 Å². The predicted octanol–water partition coefficient (Wildman–Crippen LogP) is 2.67. The summed E-state index contributed by atoms with van der Waals surface area (Å²) in [4.78, 5) is 66.8. The van der Waals surface area contributed by atoms with Gasteiger partial charge in [-0.05, 0) is 76.3 Å². The van der Waals surface area contributed by atoms with E-state index in [0.717, 1.165) is 6.42 Å². The molecule has 5 atom stereocenters. The second kappa shape index (κ2) is 14.7. The quantitative estimate of drug-likeness (QED) is 0.237. The Labute approximate surface area is 317 Å². The monoisotopic (exact) mass is 774 g/mol. The van der Waals surface area contributed by atoms with Crippen molar-refractivity contribution in [2.24, 2.45) is 13.0 Å². The SMILES string of the molecule is Cc1nc2cccc(F)c2nc1O[C@@H]1C[C@H]2C(=O)N[C@]3(C(=O)NS(=O)(=O)C4(C)CC4)C=C=CC3/C=C\CCCCC[C@H](NC(=O)c3ccn(C)n3)C(=O)N2C1. The Morgan fingerprint density at radius 3 is 2.67 bits per heavy atom. The molecule has 1 aromatic carbocycles. The van der Waals surface area contributed by atoms with Crippen molar-refractivity contribution in [2.45, 2.75) is 93.7 Å². The van der Waals surface area contributed by atoms with Gasteiger partial charge in [0.15, 0.2) is 11.4 Å². The van der Waals surface area contributed by atoms with Gasteiger partial charge >= 0.3 is 0 Å². The molecule has 2 aliphatic carbocycles. The van der Waals surface area contributed by atoms with Crippen LogP contribution in [0, 0.1) is 18.7 Å². The number of halogens is 1. The van der Waals surface area contributed by atoms with Crippen LogP contribution >= 0.6 is 0 Å². The highest BCUT2D eigenvalue weighted by atomic mass is 32.2. The van der Waals surface area contributed by atoms with E-state index in [9.17, 15) is 32.0 Å². The minimum Gasteiger partial charge on any atom is -0.471 e. The lowest BCUT2D eigenvalue weighted by Crippen LogP contribution is -2.64. The summed E-state index contributed by atoms with van der Waals surface area (Å²) < 4.78 is 50.1. The van der Waals surface area contributed by atoms with Crippen molar-refractivity contribution in [1.82, 2.24) is 40.0 Å². The normalized spacial score (nSPS) is 27.0. The first-order chi connectivity index (χ1) is 26.2. The van der Waals surface area contributed by atoms with E-state index in [1.54, 1.807) is 45.3 Å². The number of sulfonamides is 1. The summed E-state index contributed by atoms with van der Waals surface area (Å²) in [6.07, 6.45) is 10.9. The molecule has 4 aliphatic rings. The second-order valence-corrected chi connectivity index (χ2v) is 17.1. The number of para-hydroxylation sites is 1. The highest BCUT2D eigenvalue weighted by molar-refractivity contribution is 7.91. The zero-order valence-electron chi connectivity index (χ0n) is 30.7. The average Bonchev–Trinajstić information content (AvgIpc) is 3.43. The zero-order chi connectivity index (χ0) is 39.1. The Bertz CT molecular complexity index is 2260. The van der Waals surface area contributed by atoms with E-state index in [4.69, 9.17) is 4.74 Å². The van der Waals surface area contributed by atoms with Gasteiger partial charge in [0.25, 0.3) is 11.8 Å².